The van der Waals surface area contributed by atoms with Crippen LogP contribution in [0.4, 0.5) is 11.6 Å². The molecule has 4 aromatic rings. The van der Waals surface area contributed by atoms with Gasteiger partial charge in [-0.05, 0) is 42.8 Å². The maximum absolute atomic E-state index is 13.2. The molecule has 1 heterocycles. The van der Waals surface area contributed by atoms with Crippen molar-refractivity contribution in [3.8, 4) is 5.69 Å². The van der Waals surface area contributed by atoms with E-state index in [9.17, 15) is 4.79 Å². The lowest BCUT2D eigenvalue weighted by Gasteiger charge is -2.16. The summed E-state index contributed by atoms with van der Waals surface area (Å²) in [4.78, 5) is 17.9. The Bertz CT molecular complexity index is 1100. The van der Waals surface area contributed by atoms with Crippen molar-refractivity contribution in [2.75, 3.05) is 5.32 Å². The summed E-state index contributed by atoms with van der Waals surface area (Å²) in [6.07, 6.45) is 0. The molecule has 0 spiro atoms. The van der Waals surface area contributed by atoms with Gasteiger partial charge in [0.05, 0.1) is 16.6 Å². The Morgan fingerprint density at radius 2 is 1.52 bits per heavy atom. The van der Waals surface area contributed by atoms with E-state index in [0.29, 0.717) is 16.9 Å². The third kappa shape index (κ3) is 2.78. The highest BCUT2D eigenvalue weighted by atomic mass is 16.1. The van der Waals surface area contributed by atoms with E-state index in [0.717, 1.165) is 16.9 Å². The summed E-state index contributed by atoms with van der Waals surface area (Å²) < 4.78 is 1.64. The van der Waals surface area contributed by atoms with Crippen molar-refractivity contribution in [1.82, 2.24) is 9.55 Å². The summed E-state index contributed by atoms with van der Waals surface area (Å²) in [5.41, 5.74) is 3.31. The Labute approximate surface area is 145 Å². The summed E-state index contributed by atoms with van der Waals surface area (Å²) >= 11 is 0. The van der Waals surface area contributed by atoms with E-state index >= 15 is 0 Å². The zero-order valence-corrected chi connectivity index (χ0v) is 13.8. The molecule has 4 heteroatoms. The highest BCUT2D eigenvalue weighted by Crippen LogP contribution is 2.21. The van der Waals surface area contributed by atoms with Crippen LogP contribution < -0.4 is 10.9 Å². The Morgan fingerprint density at radius 3 is 2.32 bits per heavy atom. The van der Waals surface area contributed by atoms with Crippen LogP contribution in [0.5, 0.6) is 0 Å². The molecule has 0 unspecified atom stereocenters. The molecule has 4 rings (SSSR count). The van der Waals surface area contributed by atoms with Crippen LogP contribution in [0.25, 0.3) is 16.6 Å². The Hall–Kier alpha value is -3.40. The first-order chi connectivity index (χ1) is 12.2. The Kier molecular flexibility index (Phi) is 3.78. The van der Waals surface area contributed by atoms with E-state index in [2.05, 4.69) is 5.32 Å². The average molecular weight is 327 g/mol. The van der Waals surface area contributed by atoms with E-state index in [4.69, 9.17) is 4.98 Å². The van der Waals surface area contributed by atoms with E-state index in [1.165, 1.54) is 0 Å². The number of aryl methyl sites for hydroxylation is 1. The number of hydrogen-bond donors (Lipinski definition) is 1. The number of rotatable bonds is 3. The fourth-order valence-corrected chi connectivity index (χ4v) is 2.90. The summed E-state index contributed by atoms with van der Waals surface area (Å²) in [5.74, 6) is 0.504. The van der Waals surface area contributed by atoms with Gasteiger partial charge in [0.2, 0.25) is 5.95 Å². The molecule has 25 heavy (non-hydrogen) atoms. The Morgan fingerprint density at radius 1 is 0.840 bits per heavy atom. The molecule has 122 valence electrons. The van der Waals surface area contributed by atoms with Gasteiger partial charge < -0.3 is 5.32 Å². The molecule has 0 aliphatic carbocycles. The van der Waals surface area contributed by atoms with Crippen molar-refractivity contribution < 1.29 is 0 Å². The zero-order chi connectivity index (χ0) is 17.2. The summed E-state index contributed by atoms with van der Waals surface area (Å²) in [6, 6.07) is 25.0. The number of nitrogens with one attached hydrogen (secondary N) is 1. The first-order valence-corrected chi connectivity index (χ1v) is 8.14. The topological polar surface area (TPSA) is 46.9 Å². The highest BCUT2D eigenvalue weighted by molar-refractivity contribution is 5.80. The van der Waals surface area contributed by atoms with Crippen LogP contribution >= 0.6 is 0 Å². The molecule has 0 aliphatic rings. The van der Waals surface area contributed by atoms with Crippen molar-refractivity contribution in [3.05, 3.63) is 94.8 Å². The van der Waals surface area contributed by atoms with E-state index in [-0.39, 0.29) is 5.56 Å². The van der Waals surface area contributed by atoms with Crippen LogP contribution in [0, 0.1) is 6.92 Å². The minimum absolute atomic E-state index is 0.0849. The van der Waals surface area contributed by atoms with Crippen LogP contribution in [0.3, 0.4) is 0 Å². The van der Waals surface area contributed by atoms with Crippen LogP contribution in [0.1, 0.15) is 5.56 Å². The third-order valence-corrected chi connectivity index (χ3v) is 4.16. The lowest BCUT2D eigenvalue weighted by molar-refractivity contribution is 0.964. The van der Waals surface area contributed by atoms with Crippen molar-refractivity contribution in [2.45, 2.75) is 6.92 Å². The van der Waals surface area contributed by atoms with Crippen molar-refractivity contribution in [1.29, 1.82) is 0 Å². The molecule has 0 bridgehead atoms. The predicted octanol–water partition coefficient (Wildman–Crippen LogP) is 4.44. The van der Waals surface area contributed by atoms with Gasteiger partial charge in [-0.25, -0.2) is 9.55 Å². The van der Waals surface area contributed by atoms with Gasteiger partial charge in [0.1, 0.15) is 0 Å². The number of anilines is 2. The standard InChI is InChI=1S/C21H17N3O/c1-15-9-5-8-14-19(15)24-20(25)17-12-6-7-13-18(17)23-21(24)22-16-10-3-2-4-11-16/h2-14H,1H3,(H,22,23). The number of hydrogen-bond acceptors (Lipinski definition) is 3. The van der Waals surface area contributed by atoms with Gasteiger partial charge >= 0.3 is 0 Å². The van der Waals surface area contributed by atoms with Gasteiger partial charge in [0.25, 0.3) is 5.56 Å². The largest absolute Gasteiger partial charge is 0.325 e. The van der Waals surface area contributed by atoms with Gasteiger partial charge in [-0.15, -0.1) is 0 Å². The second-order valence-electron chi connectivity index (χ2n) is 5.87. The molecule has 0 saturated carbocycles. The number of para-hydroxylation sites is 3. The maximum atomic E-state index is 13.2. The minimum Gasteiger partial charge on any atom is -0.325 e. The van der Waals surface area contributed by atoms with Crippen LogP contribution in [0.15, 0.2) is 83.7 Å². The fourth-order valence-electron chi connectivity index (χ4n) is 2.90. The molecule has 4 nitrogen and oxygen atoms in total. The van der Waals surface area contributed by atoms with Gasteiger partial charge in [0.15, 0.2) is 0 Å². The molecular weight excluding hydrogens is 310 g/mol. The normalized spacial score (nSPS) is 10.8. The molecule has 0 aliphatic heterocycles. The SMILES string of the molecule is Cc1ccccc1-n1c(Nc2ccccc2)nc2ccccc2c1=O. The predicted molar refractivity (Wildman–Crippen MR) is 102 cm³/mol. The van der Waals surface area contributed by atoms with Gasteiger partial charge in [-0.2, -0.15) is 0 Å². The third-order valence-electron chi connectivity index (χ3n) is 4.16. The molecule has 0 radical (unpaired) electrons. The van der Waals surface area contributed by atoms with Crippen LogP contribution in [0.2, 0.25) is 0 Å². The molecule has 1 N–H and O–H groups in total. The number of benzene rings is 3. The van der Waals surface area contributed by atoms with E-state index in [1.54, 1.807) is 4.57 Å². The zero-order valence-electron chi connectivity index (χ0n) is 13.8. The number of aromatic nitrogens is 2. The highest BCUT2D eigenvalue weighted by Gasteiger charge is 2.14. The molecule has 1 aromatic heterocycles. The molecule has 0 fully saturated rings. The average Bonchev–Trinajstić information content (AvgIpc) is 2.64. The van der Waals surface area contributed by atoms with Crippen molar-refractivity contribution >= 4 is 22.5 Å². The van der Waals surface area contributed by atoms with Crippen molar-refractivity contribution in [2.24, 2.45) is 0 Å². The molecule has 0 amide bonds. The molecule has 0 saturated heterocycles. The van der Waals surface area contributed by atoms with E-state index in [1.807, 2.05) is 85.8 Å². The second kappa shape index (κ2) is 6.24. The number of nitrogens with zero attached hydrogens (tertiary/aromatic N) is 2. The van der Waals surface area contributed by atoms with Crippen LogP contribution in [-0.2, 0) is 0 Å². The molecule has 3 aromatic carbocycles. The summed E-state index contributed by atoms with van der Waals surface area (Å²) in [5, 5.41) is 3.88. The van der Waals surface area contributed by atoms with E-state index < -0.39 is 0 Å². The second-order valence-corrected chi connectivity index (χ2v) is 5.87. The monoisotopic (exact) mass is 327 g/mol. The Balaban J connectivity index is 2.01. The van der Waals surface area contributed by atoms with Gasteiger partial charge in [-0.1, -0.05) is 48.5 Å². The lowest BCUT2D eigenvalue weighted by atomic mass is 10.2. The minimum atomic E-state index is -0.0849. The first-order valence-electron chi connectivity index (χ1n) is 8.14. The molecule has 0 atom stereocenters. The first kappa shape index (κ1) is 15.1. The van der Waals surface area contributed by atoms with Crippen molar-refractivity contribution in [3.63, 3.8) is 0 Å². The van der Waals surface area contributed by atoms with Gasteiger partial charge in [0, 0.05) is 5.69 Å². The fraction of sp³-hybridized carbons (Fsp3) is 0.0476. The number of fused-ring (bicyclic) bond motifs is 1. The van der Waals surface area contributed by atoms with Gasteiger partial charge in [-0.3, -0.25) is 4.79 Å². The lowest BCUT2D eigenvalue weighted by Crippen LogP contribution is -2.23. The quantitative estimate of drug-likeness (QED) is 0.605. The summed E-state index contributed by atoms with van der Waals surface area (Å²) in [6.45, 7) is 1.99. The van der Waals surface area contributed by atoms with Crippen LogP contribution in [-0.4, -0.2) is 9.55 Å². The smallest absolute Gasteiger partial charge is 0.267 e. The molecular formula is C21H17N3O. The maximum Gasteiger partial charge on any atom is 0.267 e. The summed E-state index contributed by atoms with van der Waals surface area (Å²) in [7, 11) is 0.